The van der Waals surface area contributed by atoms with Crippen molar-refractivity contribution in [3.63, 3.8) is 0 Å². The fourth-order valence-corrected chi connectivity index (χ4v) is 0.598. The maximum absolute atomic E-state index is 5.09. The van der Waals surface area contributed by atoms with E-state index in [1.54, 1.807) is 18.5 Å². The molecule has 0 saturated heterocycles. The zero-order valence-corrected chi connectivity index (χ0v) is 8.66. The van der Waals surface area contributed by atoms with Crippen molar-refractivity contribution in [2.45, 2.75) is 33.8 Å². The molecular formula is C10H18N2O. The molecule has 0 unspecified atom stereocenters. The second-order valence-electron chi connectivity index (χ2n) is 2.51. The molecule has 0 spiro atoms. The first-order chi connectivity index (χ1) is 6.35. The first-order valence-corrected chi connectivity index (χ1v) is 4.68. The highest BCUT2D eigenvalue weighted by molar-refractivity contribution is 4.86. The summed E-state index contributed by atoms with van der Waals surface area (Å²) >= 11 is 0. The molecule has 74 valence electrons. The van der Waals surface area contributed by atoms with Crippen molar-refractivity contribution in [3.05, 3.63) is 24.3 Å². The van der Waals surface area contributed by atoms with Crippen molar-refractivity contribution >= 4 is 0 Å². The number of hydrogen-bond acceptors (Lipinski definition) is 3. The van der Waals surface area contributed by atoms with Gasteiger partial charge in [0.1, 0.15) is 6.61 Å². The lowest BCUT2D eigenvalue weighted by molar-refractivity contribution is 0.128. The van der Waals surface area contributed by atoms with Gasteiger partial charge in [-0.2, -0.15) is 0 Å². The molecule has 1 heterocycles. The SMILES string of the molecule is CCC.CCOCc1ncccn1. The summed E-state index contributed by atoms with van der Waals surface area (Å²) < 4.78 is 5.09. The molecule has 1 aromatic rings. The van der Waals surface area contributed by atoms with E-state index < -0.39 is 0 Å². The molecule has 1 aromatic heterocycles. The zero-order valence-electron chi connectivity index (χ0n) is 8.66. The summed E-state index contributed by atoms with van der Waals surface area (Å²) in [5.74, 6) is 0.740. The van der Waals surface area contributed by atoms with Crippen LogP contribution in [0.3, 0.4) is 0 Å². The third-order valence-electron chi connectivity index (χ3n) is 1.05. The van der Waals surface area contributed by atoms with E-state index in [0.29, 0.717) is 13.2 Å². The molecule has 0 N–H and O–H groups in total. The monoisotopic (exact) mass is 182 g/mol. The standard InChI is InChI=1S/C7H10N2O.C3H8/c1-2-10-6-7-8-4-3-5-9-7;1-3-2/h3-5H,2,6H2,1H3;3H2,1-2H3. The number of hydrogen-bond donors (Lipinski definition) is 0. The smallest absolute Gasteiger partial charge is 0.153 e. The number of ether oxygens (including phenoxy) is 1. The Labute approximate surface area is 80.2 Å². The molecular weight excluding hydrogens is 164 g/mol. The summed E-state index contributed by atoms with van der Waals surface area (Å²) in [6, 6.07) is 1.79. The molecule has 3 heteroatoms. The van der Waals surface area contributed by atoms with Crippen molar-refractivity contribution in [2.75, 3.05) is 6.61 Å². The fraction of sp³-hybridized carbons (Fsp3) is 0.600. The molecule has 0 aliphatic carbocycles. The van der Waals surface area contributed by atoms with Crippen LogP contribution in [-0.2, 0) is 11.3 Å². The lowest BCUT2D eigenvalue weighted by Gasteiger charge is -1.96. The van der Waals surface area contributed by atoms with Crippen LogP contribution in [0.4, 0.5) is 0 Å². The quantitative estimate of drug-likeness (QED) is 0.720. The zero-order chi connectivity index (χ0) is 9.94. The van der Waals surface area contributed by atoms with Crippen molar-refractivity contribution in [1.82, 2.24) is 9.97 Å². The highest BCUT2D eigenvalue weighted by atomic mass is 16.5. The van der Waals surface area contributed by atoms with Crippen LogP contribution in [0.5, 0.6) is 0 Å². The van der Waals surface area contributed by atoms with E-state index in [4.69, 9.17) is 4.74 Å². The molecule has 0 aromatic carbocycles. The number of aromatic nitrogens is 2. The van der Waals surface area contributed by atoms with Gasteiger partial charge in [-0.05, 0) is 13.0 Å². The summed E-state index contributed by atoms with van der Waals surface area (Å²) in [6.07, 6.45) is 4.67. The maximum Gasteiger partial charge on any atom is 0.153 e. The molecule has 3 nitrogen and oxygen atoms in total. The van der Waals surface area contributed by atoms with Crippen molar-refractivity contribution in [3.8, 4) is 0 Å². The Morgan fingerprint density at radius 2 is 1.69 bits per heavy atom. The Bertz CT molecular complexity index is 189. The second kappa shape index (κ2) is 9.13. The Balaban J connectivity index is 0.000000424. The van der Waals surface area contributed by atoms with Gasteiger partial charge < -0.3 is 4.74 Å². The van der Waals surface area contributed by atoms with Gasteiger partial charge in [-0.25, -0.2) is 9.97 Å². The molecule has 1 rings (SSSR count). The molecule has 13 heavy (non-hydrogen) atoms. The molecule has 0 fully saturated rings. The van der Waals surface area contributed by atoms with Crippen molar-refractivity contribution in [1.29, 1.82) is 0 Å². The lowest BCUT2D eigenvalue weighted by atomic mass is 10.6. The summed E-state index contributed by atoms with van der Waals surface area (Å²) in [6.45, 7) is 7.42. The summed E-state index contributed by atoms with van der Waals surface area (Å²) in [4.78, 5) is 7.96. The minimum absolute atomic E-state index is 0.511. The molecule has 0 radical (unpaired) electrons. The molecule has 0 aliphatic heterocycles. The van der Waals surface area contributed by atoms with Crippen molar-refractivity contribution < 1.29 is 4.74 Å². The third kappa shape index (κ3) is 7.40. The van der Waals surface area contributed by atoms with Gasteiger partial charge >= 0.3 is 0 Å². The Kier molecular flexibility index (Phi) is 8.46. The molecule has 0 aliphatic rings. The van der Waals surface area contributed by atoms with E-state index in [-0.39, 0.29) is 0 Å². The molecule has 0 saturated carbocycles. The predicted molar refractivity (Wildman–Crippen MR) is 53.3 cm³/mol. The Hall–Kier alpha value is -0.960. The van der Waals surface area contributed by atoms with Crippen LogP contribution in [0.15, 0.2) is 18.5 Å². The van der Waals surface area contributed by atoms with Crippen molar-refractivity contribution in [2.24, 2.45) is 0 Å². The maximum atomic E-state index is 5.09. The van der Waals surface area contributed by atoms with Gasteiger partial charge in [0.15, 0.2) is 5.82 Å². The molecule has 0 atom stereocenters. The topological polar surface area (TPSA) is 35.0 Å². The van der Waals surface area contributed by atoms with E-state index in [1.165, 1.54) is 6.42 Å². The van der Waals surface area contributed by atoms with Gasteiger partial charge in [-0.15, -0.1) is 0 Å². The Morgan fingerprint density at radius 1 is 1.15 bits per heavy atom. The number of nitrogens with zero attached hydrogens (tertiary/aromatic N) is 2. The van der Waals surface area contributed by atoms with E-state index in [2.05, 4.69) is 23.8 Å². The van der Waals surface area contributed by atoms with Crippen LogP contribution in [0.1, 0.15) is 33.0 Å². The largest absolute Gasteiger partial charge is 0.374 e. The van der Waals surface area contributed by atoms with E-state index >= 15 is 0 Å². The minimum Gasteiger partial charge on any atom is -0.374 e. The van der Waals surface area contributed by atoms with Gasteiger partial charge in [0.2, 0.25) is 0 Å². The van der Waals surface area contributed by atoms with E-state index in [1.807, 2.05) is 6.92 Å². The minimum atomic E-state index is 0.511. The Morgan fingerprint density at radius 3 is 2.15 bits per heavy atom. The fourth-order valence-electron chi connectivity index (χ4n) is 0.598. The van der Waals surface area contributed by atoms with Gasteiger partial charge in [-0.3, -0.25) is 0 Å². The van der Waals surface area contributed by atoms with Crippen LogP contribution in [0.25, 0.3) is 0 Å². The highest BCUT2D eigenvalue weighted by Gasteiger charge is 1.90. The molecule has 0 bridgehead atoms. The lowest BCUT2D eigenvalue weighted by Crippen LogP contribution is -1.96. The van der Waals surface area contributed by atoms with Crippen LogP contribution in [-0.4, -0.2) is 16.6 Å². The average molecular weight is 182 g/mol. The van der Waals surface area contributed by atoms with E-state index in [0.717, 1.165) is 5.82 Å². The van der Waals surface area contributed by atoms with Gasteiger partial charge in [0.05, 0.1) is 0 Å². The van der Waals surface area contributed by atoms with Crippen LogP contribution in [0, 0.1) is 0 Å². The first-order valence-electron chi connectivity index (χ1n) is 4.68. The normalized spacial score (nSPS) is 8.85. The first kappa shape index (κ1) is 12.0. The number of rotatable bonds is 3. The van der Waals surface area contributed by atoms with Crippen LogP contribution < -0.4 is 0 Å². The predicted octanol–water partition coefficient (Wildman–Crippen LogP) is 2.43. The summed E-state index contributed by atoms with van der Waals surface area (Å²) in [5, 5.41) is 0. The molecule has 0 amide bonds. The summed E-state index contributed by atoms with van der Waals surface area (Å²) in [5.41, 5.74) is 0. The highest BCUT2D eigenvalue weighted by Crippen LogP contribution is 1.89. The summed E-state index contributed by atoms with van der Waals surface area (Å²) in [7, 11) is 0. The average Bonchev–Trinajstić information content (AvgIpc) is 2.18. The van der Waals surface area contributed by atoms with Gasteiger partial charge in [-0.1, -0.05) is 20.3 Å². The second-order valence-corrected chi connectivity index (χ2v) is 2.51. The van der Waals surface area contributed by atoms with Crippen LogP contribution in [0.2, 0.25) is 0 Å². The van der Waals surface area contributed by atoms with Gasteiger partial charge in [0, 0.05) is 19.0 Å². The van der Waals surface area contributed by atoms with E-state index in [9.17, 15) is 0 Å². The van der Waals surface area contributed by atoms with Crippen LogP contribution >= 0.6 is 0 Å². The third-order valence-corrected chi connectivity index (χ3v) is 1.05. The van der Waals surface area contributed by atoms with Gasteiger partial charge in [0.25, 0.3) is 0 Å².